The predicted molar refractivity (Wildman–Crippen MR) is 93.5 cm³/mol. The molecule has 0 atom stereocenters. The lowest BCUT2D eigenvalue weighted by Gasteiger charge is -2.19. The van der Waals surface area contributed by atoms with Gasteiger partial charge in [0.2, 0.25) is 0 Å². The molecule has 2 aromatic carbocycles. The highest BCUT2D eigenvalue weighted by atomic mass is 14.2. The van der Waals surface area contributed by atoms with Gasteiger partial charge >= 0.3 is 0 Å². The minimum absolute atomic E-state index is 1.13. The lowest BCUT2D eigenvalue weighted by Crippen LogP contribution is -2.05. The van der Waals surface area contributed by atoms with Gasteiger partial charge in [-0.2, -0.15) is 0 Å². The molecular weight excluding hydrogens is 252 g/mol. The molecule has 0 heteroatoms. The third kappa shape index (κ3) is 3.05. The van der Waals surface area contributed by atoms with Crippen molar-refractivity contribution in [2.24, 2.45) is 0 Å². The van der Waals surface area contributed by atoms with Crippen LogP contribution in [0.3, 0.4) is 0 Å². The van der Waals surface area contributed by atoms with Gasteiger partial charge in [-0.3, -0.25) is 0 Å². The van der Waals surface area contributed by atoms with Crippen LogP contribution in [0.4, 0.5) is 0 Å². The molecule has 0 radical (unpaired) electrons. The van der Waals surface area contributed by atoms with Crippen LogP contribution in [0.2, 0.25) is 0 Å². The number of hydrogen-bond acceptors (Lipinski definition) is 0. The van der Waals surface area contributed by atoms with E-state index >= 15 is 0 Å². The first-order valence-corrected chi connectivity index (χ1v) is 7.95. The van der Waals surface area contributed by atoms with Crippen molar-refractivity contribution in [3.8, 4) is 0 Å². The van der Waals surface area contributed by atoms with E-state index in [0.717, 1.165) is 12.8 Å². The summed E-state index contributed by atoms with van der Waals surface area (Å²) in [6.45, 7) is 15.7. The topological polar surface area (TPSA) is 0 Å². The Bertz CT molecular complexity index is 646. The molecule has 0 aliphatic rings. The summed E-state index contributed by atoms with van der Waals surface area (Å²) in [4.78, 5) is 0. The van der Waals surface area contributed by atoms with E-state index in [0.29, 0.717) is 0 Å². The van der Waals surface area contributed by atoms with Crippen molar-refractivity contribution in [3.05, 3.63) is 68.3 Å². The van der Waals surface area contributed by atoms with Gasteiger partial charge in [0.05, 0.1) is 0 Å². The Balaban J connectivity index is 2.32. The average Bonchev–Trinajstić information content (AvgIpc) is 2.45. The van der Waals surface area contributed by atoms with E-state index in [1.54, 1.807) is 5.56 Å². The summed E-state index contributed by atoms with van der Waals surface area (Å²) in [6, 6.07) is 6.82. The normalized spacial score (nSPS) is 11.0. The molecule has 0 amide bonds. The Hall–Kier alpha value is -1.56. The van der Waals surface area contributed by atoms with Crippen molar-refractivity contribution < 1.29 is 0 Å². The molecule has 0 aliphatic heterocycles. The van der Waals surface area contributed by atoms with Gasteiger partial charge in [-0.1, -0.05) is 23.8 Å². The molecule has 2 aromatic rings. The summed E-state index contributed by atoms with van der Waals surface area (Å²) >= 11 is 0. The fourth-order valence-electron chi connectivity index (χ4n) is 3.34. The van der Waals surface area contributed by atoms with Crippen molar-refractivity contribution in [1.82, 2.24) is 0 Å². The van der Waals surface area contributed by atoms with Gasteiger partial charge in [-0.05, 0) is 106 Å². The second kappa shape index (κ2) is 6.05. The van der Waals surface area contributed by atoms with Crippen LogP contribution in [-0.4, -0.2) is 0 Å². The highest BCUT2D eigenvalue weighted by molar-refractivity contribution is 5.49. The summed E-state index contributed by atoms with van der Waals surface area (Å²) in [5, 5.41) is 0. The Kier molecular flexibility index (Phi) is 4.56. The molecule has 0 nitrogen and oxygen atoms in total. The van der Waals surface area contributed by atoms with Gasteiger partial charge in [-0.15, -0.1) is 0 Å². The van der Waals surface area contributed by atoms with E-state index in [4.69, 9.17) is 0 Å². The first-order chi connectivity index (χ1) is 9.82. The lowest BCUT2D eigenvalue weighted by atomic mass is 9.86. The van der Waals surface area contributed by atoms with Crippen molar-refractivity contribution in [2.45, 2.75) is 61.3 Å². The quantitative estimate of drug-likeness (QED) is 0.683. The fraction of sp³-hybridized carbons (Fsp3) is 0.429. The fourth-order valence-corrected chi connectivity index (χ4v) is 3.34. The summed E-state index contributed by atoms with van der Waals surface area (Å²) < 4.78 is 0. The van der Waals surface area contributed by atoms with Gasteiger partial charge in [-0.25, -0.2) is 0 Å². The van der Waals surface area contributed by atoms with E-state index in [2.05, 4.69) is 66.7 Å². The van der Waals surface area contributed by atoms with Crippen LogP contribution in [0.15, 0.2) is 18.2 Å². The second-order valence-electron chi connectivity index (χ2n) is 6.53. The van der Waals surface area contributed by atoms with Gasteiger partial charge in [0.25, 0.3) is 0 Å². The van der Waals surface area contributed by atoms with Gasteiger partial charge in [0.1, 0.15) is 0 Å². The van der Waals surface area contributed by atoms with Crippen LogP contribution >= 0.6 is 0 Å². The first-order valence-electron chi connectivity index (χ1n) is 7.95. The Morgan fingerprint density at radius 2 is 1.14 bits per heavy atom. The van der Waals surface area contributed by atoms with Crippen LogP contribution in [-0.2, 0) is 12.8 Å². The molecule has 0 N–H and O–H groups in total. The molecule has 21 heavy (non-hydrogen) atoms. The maximum Gasteiger partial charge on any atom is -0.0233 e. The van der Waals surface area contributed by atoms with Crippen LogP contribution < -0.4 is 0 Å². The van der Waals surface area contributed by atoms with Gasteiger partial charge in [0.15, 0.2) is 0 Å². The molecule has 0 saturated carbocycles. The first kappa shape index (κ1) is 15.8. The average molecular weight is 280 g/mol. The summed E-state index contributed by atoms with van der Waals surface area (Å²) in [5.74, 6) is 0. The Morgan fingerprint density at radius 1 is 0.619 bits per heavy atom. The second-order valence-corrected chi connectivity index (χ2v) is 6.53. The Morgan fingerprint density at radius 3 is 1.67 bits per heavy atom. The minimum atomic E-state index is 1.13. The molecule has 2 rings (SSSR count). The summed E-state index contributed by atoms with van der Waals surface area (Å²) in [6.07, 6.45) is 2.28. The molecule has 0 aliphatic carbocycles. The third-order valence-corrected chi connectivity index (χ3v) is 5.30. The summed E-state index contributed by atoms with van der Waals surface area (Å²) in [5.41, 5.74) is 13.2. The maximum atomic E-state index is 2.29. The molecule has 0 bridgehead atoms. The molecule has 112 valence electrons. The smallest absolute Gasteiger partial charge is 0.0233 e. The lowest BCUT2D eigenvalue weighted by molar-refractivity contribution is 0.916. The zero-order valence-electron chi connectivity index (χ0n) is 14.6. The van der Waals surface area contributed by atoms with Gasteiger partial charge in [0, 0.05) is 0 Å². The van der Waals surface area contributed by atoms with E-state index in [9.17, 15) is 0 Å². The van der Waals surface area contributed by atoms with Crippen molar-refractivity contribution in [2.75, 3.05) is 0 Å². The molecule has 0 heterocycles. The molecule has 0 spiro atoms. The largest absolute Gasteiger partial charge is 0.0590 e. The Labute approximate surface area is 130 Å². The van der Waals surface area contributed by atoms with E-state index in [-0.39, 0.29) is 0 Å². The minimum Gasteiger partial charge on any atom is -0.0590 e. The van der Waals surface area contributed by atoms with E-state index < -0.39 is 0 Å². The van der Waals surface area contributed by atoms with Crippen LogP contribution in [0.5, 0.6) is 0 Å². The highest BCUT2D eigenvalue weighted by Crippen LogP contribution is 2.27. The molecule has 0 unspecified atom stereocenters. The number of rotatable bonds is 3. The number of aryl methyl sites for hydroxylation is 3. The molecule has 0 fully saturated rings. The molecule has 0 aromatic heterocycles. The van der Waals surface area contributed by atoms with Crippen LogP contribution in [0, 0.1) is 48.5 Å². The van der Waals surface area contributed by atoms with Crippen molar-refractivity contribution >= 4 is 0 Å². The maximum absolute atomic E-state index is 2.29. The SMILES string of the molecule is Cc1ccc(CCc2c(C)c(C)c(C)c(C)c2C)c(C)c1. The van der Waals surface area contributed by atoms with Crippen LogP contribution in [0.1, 0.15) is 50.1 Å². The van der Waals surface area contributed by atoms with E-state index in [1.807, 2.05) is 0 Å². The predicted octanol–water partition coefficient (Wildman–Crippen LogP) is 5.63. The third-order valence-electron chi connectivity index (χ3n) is 5.30. The van der Waals surface area contributed by atoms with Crippen LogP contribution in [0.25, 0.3) is 0 Å². The molecular formula is C21H28. The monoisotopic (exact) mass is 280 g/mol. The zero-order valence-corrected chi connectivity index (χ0v) is 14.6. The van der Waals surface area contributed by atoms with Gasteiger partial charge < -0.3 is 0 Å². The number of hydrogen-bond donors (Lipinski definition) is 0. The highest BCUT2D eigenvalue weighted by Gasteiger charge is 2.12. The summed E-state index contributed by atoms with van der Waals surface area (Å²) in [7, 11) is 0. The standard InChI is InChI=1S/C21H28/c1-13-8-9-20(14(2)12-13)10-11-21-18(6)16(4)15(3)17(5)19(21)7/h8-9,12H,10-11H2,1-7H3. The zero-order chi connectivity index (χ0) is 15.7. The molecule has 0 saturated heterocycles. The number of benzene rings is 2. The van der Waals surface area contributed by atoms with Crippen molar-refractivity contribution in [1.29, 1.82) is 0 Å². The van der Waals surface area contributed by atoms with E-state index in [1.165, 1.54) is 44.5 Å². The van der Waals surface area contributed by atoms with Crippen molar-refractivity contribution in [3.63, 3.8) is 0 Å².